The molecule has 0 aliphatic carbocycles. The monoisotopic (exact) mass is 302 g/mol. The Bertz CT molecular complexity index is 472. The van der Waals surface area contributed by atoms with Gasteiger partial charge in [0.2, 0.25) is 5.91 Å². The van der Waals surface area contributed by atoms with Gasteiger partial charge < -0.3 is 10.6 Å². The lowest BCUT2D eigenvalue weighted by Gasteiger charge is -2.16. The van der Waals surface area contributed by atoms with Crippen molar-refractivity contribution >= 4 is 5.91 Å². The van der Waals surface area contributed by atoms with Crippen molar-refractivity contribution in [3.05, 3.63) is 35.4 Å². The second-order valence-electron chi connectivity index (χ2n) is 5.27. The number of amides is 1. The Balaban J connectivity index is 2.53. The Labute approximate surface area is 122 Å². The van der Waals surface area contributed by atoms with E-state index in [9.17, 15) is 18.0 Å². The third kappa shape index (κ3) is 6.16. The van der Waals surface area contributed by atoms with Gasteiger partial charge in [-0.3, -0.25) is 4.79 Å². The fourth-order valence-electron chi connectivity index (χ4n) is 1.90. The maximum Gasteiger partial charge on any atom is 0.416 e. The predicted octanol–water partition coefficient (Wildman–Crippen LogP) is 3.27. The number of carbonyl (C=O) groups excluding carboxylic acids is 1. The topological polar surface area (TPSA) is 41.1 Å². The van der Waals surface area contributed by atoms with Crippen LogP contribution in [0.5, 0.6) is 0 Å². The van der Waals surface area contributed by atoms with Crippen molar-refractivity contribution in [3.8, 4) is 0 Å². The zero-order valence-corrected chi connectivity index (χ0v) is 12.4. The summed E-state index contributed by atoms with van der Waals surface area (Å²) >= 11 is 0. The highest BCUT2D eigenvalue weighted by Gasteiger charge is 2.30. The minimum Gasteiger partial charge on any atom is -0.354 e. The molecule has 6 heteroatoms. The number of hydrogen-bond acceptors (Lipinski definition) is 2. The second kappa shape index (κ2) is 7.45. The minimum atomic E-state index is -4.34. The van der Waals surface area contributed by atoms with Crippen LogP contribution in [0, 0.1) is 0 Å². The van der Waals surface area contributed by atoms with Gasteiger partial charge in [0.15, 0.2) is 0 Å². The van der Waals surface area contributed by atoms with Gasteiger partial charge in [0.05, 0.1) is 5.56 Å². The van der Waals surface area contributed by atoms with Gasteiger partial charge in [0.1, 0.15) is 0 Å². The van der Waals surface area contributed by atoms with Gasteiger partial charge in [0.25, 0.3) is 0 Å². The molecule has 0 aromatic heterocycles. The van der Waals surface area contributed by atoms with Gasteiger partial charge in [-0.1, -0.05) is 12.1 Å². The maximum atomic E-state index is 12.6. The number of benzene rings is 1. The lowest BCUT2D eigenvalue weighted by atomic mass is 10.0. The van der Waals surface area contributed by atoms with Gasteiger partial charge in [-0.15, -0.1) is 0 Å². The summed E-state index contributed by atoms with van der Waals surface area (Å²) in [5.74, 6) is -0.0752. The Morgan fingerprint density at radius 1 is 1.24 bits per heavy atom. The van der Waals surface area contributed by atoms with E-state index in [0.717, 1.165) is 12.1 Å². The molecule has 0 bridgehead atoms. The summed E-state index contributed by atoms with van der Waals surface area (Å²) < 4.78 is 37.9. The number of rotatable bonds is 6. The van der Waals surface area contributed by atoms with E-state index in [1.54, 1.807) is 13.0 Å². The first kappa shape index (κ1) is 17.5. The third-order valence-corrected chi connectivity index (χ3v) is 2.97. The summed E-state index contributed by atoms with van der Waals surface area (Å²) in [7, 11) is 0. The molecule has 1 unspecified atom stereocenters. The molecular weight excluding hydrogens is 281 g/mol. The van der Waals surface area contributed by atoms with E-state index in [4.69, 9.17) is 0 Å². The van der Waals surface area contributed by atoms with Crippen molar-refractivity contribution in [2.75, 3.05) is 6.54 Å². The fraction of sp³-hybridized carbons (Fsp3) is 0.533. The summed E-state index contributed by atoms with van der Waals surface area (Å²) in [5.41, 5.74) is -0.111. The molecule has 2 N–H and O–H groups in total. The number of alkyl halides is 3. The molecule has 1 aromatic rings. The van der Waals surface area contributed by atoms with Crippen molar-refractivity contribution in [2.24, 2.45) is 0 Å². The average Bonchev–Trinajstić information content (AvgIpc) is 2.37. The summed E-state index contributed by atoms with van der Waals surface area (Å²) in [6.45, 7) is 5.93. The number of nitrogens with one attached hydrogen (secondary N) is 2. The molecule has 0 fully saturated rings. The third-order valence-electron chi connectivity index (χ3n) is 2.97. The number of halogens is 3. The molecule has 0 saturated heterocycles. The molecule has 0 aliphatic rings. The fourth-order valence-corrected chi connectivity index (χ4v) is 1.90. The molecule has 0 saturated carbocycles. The van der Waals surface area contributed by atoms with Crippen LogP contribution in [0.25, 0.3) is 0 Å². The first-order valence-corrected chi connectivity index (χ1v) is 6.90. The Kier molecular flexibility index (Phi) is 6.20. The van der Waals surface area contributed by atoms with E-state index < -0.39 is 11.7 Å². The zero-order chi connectivity index (χ0) is 16.0. The van der Waals surface area contributed by atoms with Crippen molar-refractivity contribution < 1.29 is 18.0 Å². The standard InChI is InChI=1S/C15H21F3N2O/c1-10(2)20-14(21)7-8-19-11(3)12-5-4-6-13(9-12)15(16,17)18/h4-6,9-11,19H,7-8H2,1-3H3,(H,20,21). The molecule has 1 amide bonds. The van der Waals surface area contributed by atoms with Crippen molar-refractivity contribution in [2.45, 2.75) is 45.5 Å². The lowest BCUT2D eigenvalue weighted by molar-refractivity contribution is -0.137. The Morgan fingerprint density at radius 2 is 1.90 bits per heavy atom. The normalized spacial score (nSPS) is 13.3. The van der Waals surface area contributed by atoms with Gasteiger partial charge in [-0.05, 0) is 38.5 Å². The molecule has 118 valence electrons. The number of carbonyl (C=O) groups is 1. The van der Waals surface area contributed by atoms with E-state index >= 15 is 0 Å². The molecule has 1 rings (SSSR count). The van der Waals surface area contributed by atoms with Crippen molar-refractivity contribution in [1.82, 2.24) is 10.6 Å². The zero-order valence-electron chi connectivity index (χ0n) is 12.4. The number of hydrogen-bond donors (Lipinski definition) is 2. The van der Waals surface area contributed by atoms with Crippen LogP contribution >= 0.6 is 0 Å². The molecule has 0 aliphatic heterocycles. The quantitative estimate of drug-likeness (QED) is 0.847. The van der Waals surface area contributed by atoms with E-state index in [2.05, 4.69) is 10.6 Å². The SMILES string of the molecule is CC(C)NC(=O)CCNC(C)c1cccc(C(F)(F)F)c1. The van der Waals surface area contributed by atoms with Gasteiger partial charge >= 0.3 is 6.18 Å². The van der Waals surface area contributed by atoms with Crippen LogP contribution < -0.4 is 10.6 Å². The molecule has 0 heterocycles. The van der Waals surface area contributed by atoms with Crippen LogP contribution in [0.2, 0.25) is 0 Å². The maximum absolute atomic E-state index is 12.6. The molecule has 1 aromatic carbocycles. The van der Waals surface area contributed by atoms with E-state index in [1.165, 1.54) is 6.07 Å². The van der Waals surface area contributed by atoms with Crippen LogP contribution in [0.3, 0.4) is 0 Å². The summed E-state index contributed by atoms with van der Waals surface area (Å²) in [4.78, 5) is 11.5. The summed E-state index contributed by atoms with van der Waals surface area (Å²) in [6, 6.07) is 5.04. The second-order valence-corrected chi connectivity index (χ2v) is 5.27. The Morgan fingerprint density at radius 3 is 2.48 bits per heavy atom. The van der Waals surface area contributed by atoms with Gasteiger partial charge in [-0.25, -0.2) is 0 Å². The first-order chi connectivity index (χ1) is 9.70. The average molecular weight is 302 g/mol. The van der Waals surface area contributed by atoms with Crippen LogP contribution in [0.1, 0.15) is 44.4 Å². The molecule has 0 radical (unpaired) electrons. The van der Waals surface area contributed by atoms with Crippen LogP contribution in [-0.4, -0.2) is 18.5 Å². The lowest BCUT2D eigenvalue weighted by Crippen LogP contribution is -2.33. The van der Waals surface area contributed by atoms with Crippen molar-refractivity contribution in [1.29, 1.82) is 0 Å². The van der Waals surface area contributed by atoms with Gasteiger partial charge in [0, 0.05) is 25.0 Å². The van der Waals surface area contributed by atoms with Crippen LogP contribution in [-0.2, 0) is 11.0 Å². The molecule has 21 heavy (non-hydrogen) atoms. The molecule has 1 atom stereocenters. The van der Waals surface area contributed by atoms with Gasteiger partial charge in [-0.2, -0.15) is 13.2 Å². The molecular formula is C15H21F3N2O. The molecule has 3 nitrogen and oxygen atoms in total. The van der Waals surface area contributed by atoms with Crippen LogP contribution in [0.4, 0.5) is 13.2 Å². The minimum absolute atomic E-state index is 0.0752. The van der Waals surface area contributed by atoms with Crippen molar-refractivity contribution in [3.63, 3.8) is 0 Å². The predicted molar refractivity (Wildman–Crippen MR) is 75.8 cm³/mol. The largest absolute Gasteiger partial charge is 0.416 e. The highest BCUT2D eigenvalue weighted by Crippen LogP contribution is 2.30. The highest BCUT2D eigenvalue weighted by atomic mass is 19.4. The van der Waals surface area contributed by atoms with E-state index in [1.807, 2.05) is 13.8 Å². The van der Waals surface area contributed by atoms with E-state index in [-0.39, 0.29) is 18.0 Å². The first-order valence-electron chi connectivity index (χ1n) is 6.90. The molecule has 0 spiro atoms. The van der Waals surface area contributed by atoms with Crippen LogP contribution in [0.15, 0.2) is 24.3 Å². The van der Waals surface area contributed by atoms with E-state index in [0.29, 0.717) is 18.5 Å². The summed E-state index contributed by atoms with van der Waals surface area (Å²) in [6.07, 6.45) is -4.05. The smallest absolute Gasteiger partial charge is 0.354 e. The Hall–Kier alpha value is -1.56. The summed E-state index contributed by atoms with van der Waals surface area (Å²) in [5, 5.41) is 5.81. The highest BCUT2D eigenvalue weighted by molar-refractivity contribution is 5.76.